The van der Waals surface area contributed by atoms with E-state index in [0.29, 0.717) is 22.6 Å². The van der Waals surface area contributed by atoms with Crippen molar-refractivity contribution in [1.29, 1.82) is 0 Å². The van der Waals surface area contributed by atoms with Crippen LogP contribution < -0.4 is 16.8 Å². The maximum absolute atomic E-state index is 11.7. The first kappa shape index (κ1) is 12.6. The Balaban J connectivity index is 2.63. The van der Waals surface area contributed by atoms with Crippen molar-refractivity contribution in [3.05, 3.63) is 66.5 Å². The van der Waals surface area contributed by atoms with Crippen LogP contribution in [0.25, 0.3) is 0 Å². The summed E-state index contributed by atoms with van der Waals surface area (Å²) in [7, 11) is 0. The lowest BCUT2D eigenvalue weighted by atomic mass is 10.2. The minimum Gasteiger partial charge on any atom is -0.399 e. The number of anilines is 1. The van der Waals surface area contributed by atoms with E-state index in [1.165, 1.54) is 0 Å². The number of allylic oxidation sites excluding steroid dienone is 2. The molecule has 1 amide bonds. The fourth-order valence-electron chi connectivity index (χ4n) is 1.10. The highest BCUT2D eigenvalue weighted by atomic mass is 16.1. The van der Waals surface area contributed by atoms with E-state index in [1.54, 1.807) is 36.4 Å². The van der Waals surface area contributed by atoms with Gasteiger partial charge in [-0.3, -0.25) is 4.79 Å². The van der Waals surface area contributed by atoms with Crippen LogP contribution in [0.1, 0.15) is 10.4 Å². The zero-order valence-corrected chi connectivity index (χ0v) is 9.44. The maximum Gasteiger partial charge on any atom is 0.255 e. The third kappa shape index (κ3) is 4.25. The second-order valence-corrected chi connectivity index (χ2v) is 3.51. The molecule has 0 radical (unpaired) electrons. The number of carbonyl (C=O) groups is 1. The Hall–Kier alpha value is -2.49. The second kappa shape index (κ2) is 5.55. The molecule has 4 heteroatoms. The highest BCUT2D eigenvalue weighted by Gasteiger charge is 2.04. The minimum absolute atomic E-state index is 0.248. The van der Waals surface area contributed by atoms with Crippen LogP contribution in [-0.4, -0.2) is 5.91 Å². The molecule has 4 nitrogen and oxygen atoms in total. The van der Waals surface area contributed by atoms with Gasteiger partial charge in [-0.05, 0) is 36.4 Å². The first-order valence-corrected chi connectivity index (χ1v) is 4.97. The molecule has 0 fully saturated rings. The van der Waals surface area contributed by atoms with Crippen LogP contribution in [0, 0.1) is 0 Å². The Bertz CT molecular complexity index is 472. The van der Waals surface area contributed by atoms with Crippen LogP contribution in [0.15, 0.2) is 61.0 Å². The van der Waals surface area contributed by atoms with E-state index in [-0.39, 0.29) is 5.91 Å². The molecular formula is C13H15N3O. The summed E-state index contributed by atoms with van der Waals surface area (Å²) in [6.45, 7) is 7.17. The predicted molar refractivity (Wildman–Crippen MR) is 69.9 cm³/mol. The van der Waals surface area contributed by atoms with Crippen molar-refractivity contribution < 1.29 is 4.79 Å². The molecule has 0 saturated carbocycles. The fourth-order valence-corrected chi connectivity index (χ4v) is 1.10. The third-order valence-electron chi connectivity index (χ3n) is 1.95. The molecule has 1 aromatic rings. The maximum atomic E-state index is 11.7. The van der Waals surface area contributed by atoms with Crippen molar-refractivity contribution in [2.75, 3.05) is 5.73 Å². The minimum atomic E-state index is -0.248. The van der Waals surface area contributed by atoms with Gasteiger partial charge in [-0.2, -0.15) is 0 Å². The summed E-state index contributed by atoms with van der Waals surface area (Å²) in [6, 6.07) is 6.61. The van der Waals surface area contributed by atoms with Gasteiger partial charge in [0.1, 0.15) is 0 Å². The van der Waals surface area contributed by atoms with Crippen molar-refractivity contribution in [1.82, 2.24) is 5.32 Å². The summed E-state index contributed by atoms with van der Waals surface area (Å²) in [4.78, 5) is 11.7. The number of rotatable bonds is 4. The number of amides is 1. The molecule has 0 unspecified atom stereocenters. The molecule has 1 aromatic carbocycles. The summed E-state index contributed by atoms with van der Waals surface area (Å²) in [6.07, 6.45) is 3.14. The lowest BCUT2D eigenvalue weighted by Gasteiger charge is -2.04. The molecule has 0 spiro atoms. The van der Waals surface area contributed by atoms with Crippen LogP contribution in [0.5, 0.6) is 0 Å². The Labute approximate surface area is 100 Å². The molecule has 0 aliphatic rings. The van der Waals surface area contributed by atoms with Gasteiger partial charge in [0.15, 0.2) is 0 Å². The SMILES string of the molecule is C=C(N)/C=C\C(=C)NC(=O)c1ccc(N)cc1. The van der Waals surface area contributed by atoms with E-state index in [9.17, 15) is 4.79 Å². The molecule has 0 atom stereocenters. The number of nitrogen functional groups attached to an aromatic ring is 1. The molecule has 0 bridgehead atoms. The molecule has 0 aromatic heterocycles. The highest BCUT2D eigenvalue weighted by molar-refractivity contribution is 5.95. The summed E-state index contributed by atoms with van der Waals surface area (Å²) >= 11 is 0. The summed E-state index contributed by atoms with van der Waals surface area (Å²) in [5.41, 5.74) is 12.8. The van der Waals surface area contributed by atoms with Crippen molar-refractivity contribution in [3.63, 3.8) is 0 Å². The Kier molecular flexibility index (Phi) is 4.11. The van der Waals surface area contributed by atoms with Gasteiger partial charge < -0.3 is 16.8 Å². The van der Waals surface area contributed by atoms with Gasteiger partial charge in [-0.1, -0.05) is 13.2 Å². The van der Waals surface area contributed by atoms with E-state index >= 15 is 0 Å². The Morgan fingerprint density at radius 2 is 1.76 bits per heavy atom. The van der Waals surface area contributed by atoms with Crippen LogP contribution in [-0.2, 0) is 0 Å². The zero-order valence-electron chi connectivity index (χ0n) is 9.44. The second-order valence-electron chi connectivity index (χ2n) is 3.51. The number of nitrogens with one attached hydrogen (secondary N) is 1. The topological polar surface area (TPSA) is 81.1 Å². The van der Waals surface area contributed by atoms with Gasteiger partial charge in [0.2, 0.25) is 0 Å². The molecule has 0 aliphatic heterocycles. The van der Waals surface area contributed by atoms with Gasteiger partial charge >= 0.3 is 0 Å². The number of hydrogen-bond donors (Lipinski definition) is 3. The van der Waals surface area contributed by atoms with Gasteiger partial charge in [0.25, 0.3) is 5.91 Å². The average molecular weight is 229 g/mol. The zero-order chi connectivity index (χ0) is 12.8. The van der Waals surface area contributed by atoms with Crippen LogP contribution in [0.2, 0.25) is 0 Å². The Morgan fingerprint density at radius 1 is 1.18 bits per heavy atom. The molecular weight excluding hydrogens is 214 g/mol. The van der Waals surface area contributed by atoms with Crippen molar-refractivity contribution in [2.45, 2.75) is 0 Å². The largest absolute Gasteiger partial charge is 0.399 e. The van der Waals surface area contributed by atoms with Crippen LogP contribution >= 0.6 is 0 Å². The normalized spacial score (nSPS) is 10.1. The number of hydrogen-bond acceptors (Lipinski definition) is 3. The first-order chi connectivity index (χ1) is 7.99. The lowest BCUT2D eigenvalue weighted by molar-refractivity contribution is 0.0967. The van der Waals surface area contributed by atoms with E-state index < -0.39 is 0 Å². The molecule has 0 saturated heterocycles. The van der Waals surface area contributed by atoms with Gasteiger partial charge in [0.05, 0.1) is 0 Å². The van der Waals surface area contributed by atoms with Crippen molar-refractivity contribution in [3.8, 4) is 0 Å². The van der Waals surface area contributed by atoms with E-state index in [4.69, 9.17) is 11.5 Å². The third-order valence-corrected chi connectivity index (χ3v) is 1.95. The molecule has 17 heavy (non-hydrogen) atoms. The lowest BCUT2D eigenvalue weighted by Crippen LogP contribution is -2.21. The monoisotopic (exact) mass is 229 g/mol. The van der Waals surface area contributed by atoms with Crippen molar-refractivity contribution in [2.24, 2.45) is 5.73 Å². The molecule has 1 rings (SSSR count). The van der Waals surface area contributed by atoms with E-state index in [1.807, 2.05) is 0 Å². The smallest absolute Gasteiger partial charge is 0.255 e. The molecule has 88 valence electrons. The summed E-state index contributed by atoms with van der Waals surface area (Å²) in [5.74, 6) is -0.248. The van der Waals surface area contributed by atoms with Crippen LogP contribution in [0.4, 0.5) is 5.69 Å². The average Bonchev–Trinajstić information content (AvgIpc) is 2.27. The summed E-state index contributed by atoms with van der Waals surface area (Å²) in [5, 5.41) is 2.61. The van der Waals surface area contributed by atoms with Gasteiger partial charge in [-0.15, -0.1) is 0 Å². The van der Waals surface area contributed by atoms with Crippen molar-refractivity contribution >= 4 is 11.6 Å². The Morgan fingerprint density at radius 3 is 2.29 bits per heavy atom. The standard InChI is InChI=1S/C13H15N3O/c1-9(14)3-4-10(2)16-13(17)11-5-7-12(15)8-6-11/h3-8H,1-2,14-15H2,(H,16,17)/b4-3-. The number of nitrogens with two attached hydrogens (primary N) is 2. The first-order valence-electron chi connectivity index (χ1n) is 4.97. The quantitative estimate of drug-likeness (QED) is 0.541. The highest BCUT2D eigenvalue weighted by Crippen LogP contribution is 2.05. The fraction of sp³-hybridized carbons (Fsp3) is 0. The van der Waals surface area contributed by atoms with E-state index in [0.717, 1.165) is 0 Å². The summed E-state index contributed by atoms with van der Waals surface area (Å²) < 4.78 is 0. The number of carbonyl (C=O) groups excluding carboxylic acids is 1. The molecule has 0 aliphatic carbocycles. The number of benzene rings is 1. The molecule has 0 heterocycles. The van der Waals surface area contributed by atoms with Gasteiger partial charge in [-0.25, -0.2) is 0 Å². The predicted octanol–water partition coefficient (Wildman–Crippen LogP) is 1.54. The van der Waals surface area contributed by atoms with Crippen LogP contribution in [0.3, 0.4) is 0 Å². The van der Waals surface area contributed by atoms with E-state index in [2.05, 4.69) is 18.5 Å². The van der Waals surface area contributed by atoms with Gasteiger partial charge in [0, 0.05) is 22.6 Å². The molecule has 5 N–H and O–H groups in total.